The molecule has 2 rings (SSSR count). The lowest BCUT2D eigenvalue weighted by Crippen LogP contribution is -2.43. The number of ether oxygens (including phenoxy) is 1. The Morgan fingerprint density at radius 3 is 3.06 bits per heavy atom. The van der Waals surface area contributed by atoms with Crippen molar-refractivity contribution in [3.63, 3.8) is 0 Å². The van der Waals surface area contributed by atoms with E-state index in [-0.39, 0.29) is 0 Å². The van der Waals surface area contributed by atoms with E-state index >= 15 is 0 Å². The number of hydrogen-bond donors (Lipinski definition) is 1. The summed E-state index contributed by atoms with van der Waals surface area (Å²) < 4.78 is 5.90. The summed E-state index contributed by atoms with van der Waals surface area (Å²) in [6, 6.07) is 10.4. The third kappa shape index (κ3) is 2.59. The molecule has 1 atom stereocenters. The van der Waals surface area contributed by atoms with Crippen LogP contribution >= 0.6 is 0 Å². The molecule has 0 saturated carbocycles. The van der Waals surface area contributed by atoms with E-state index < -0.39 is 5.72 Å². The maximum absolute atomic E-state index is 8.96. The van der Waals surface area contributed by atoms with Crippen LogP contribution in [0.4, 0.5) is 5.69 Å². The van der Waals surface area contributed by atoms with Gasteiger partial charge in [-0.3, -0.25) is 0 Å². The average Bonchev–Trinajstić information content (AvgIpc) is 2.37. The highest BCUT2D eigenvalue weighted by molar-refractivity contribution is 5.53. The zero-order valence-electron chi connectivity index (χ0n) is 10.2. The number of unbranched alkanes of at least 4 members (excludes halogenated alkanes) is 1. The Morgan fingerprint density at radius 1 is 1.47 bits per heavy atom. The predicted molar refractivity (Wildman–Crippen MR) is 67.3 cm³/mol. The lowest BCUT2D eigenvalue weighted by Gasteiger charge is -2.38. The molecule has 1 aliphatic heterocycles. The number of anilines is 1. The zero-order chi connectivity index (χ0) is 12.1. The van der Waals surface area contributed by atoms with Crippen LogP contribution in [-0.2, 0) is 11.3 Å². The fraction of sp³-hybridized carbons (Fsp3) is 0.500. The van der Waals surface area contributed by atoms with Crippen LogP contribution in [0, 0.1) is 11.3 Å². The molecule has 1 unspecified atom stereocenters. The van der Waals surface area contributed by atoms with Crippen molar-refractivity contribution >= 4 is 5.69 Å². The minimum absolute atomic E-state index is 0.390. The van der Waals surface area contributed by atoms with Crippen LogP contribution in [0.25, 0.3) is 0 Å². The topological polar surface area (TPSA) is 45.0 Å². The Kier molecular flexibility index (Phi) is 3.65. The van der Waals surface area contributed by atoms with E-state index in [0.29, 0.717) is 13.0 Å². The molecule has 1 N–H and O–H groups in total. The third-order valence-corrected chi connectivity index (χ3v) is 3.18. The van der Waals surface area contributed by atoms with Crippen molar-refractivity contribution in [1.29, 1.82) is 5.26 Å². The monoisotopic (exact) mass is 230 g/mol. The SMILES string of the molecule is CCCCC1(CC#N)Nc2ccccc2CO1. The van der Waals surface area contributed by atoms with Gasteiger partial charge in [0.1, 0.15) is 0 Å². The number of nitrogens with one attached hydrogen (secondary N) is 1. The van der Waals surface area contributed by atoms with Crippen molar-refractivity contribution in [3.8, 4) is 6.07 Å². The number of para-hydroxylation sites is 1. The summed E-state index contributed by atoms with van der Waals surface area (Å²) in [6.07, 6.45) is 3.45. The Bertz CT molecular complexity index is 424. The number of nitriles is 1. The minimum Gasteiger partial charge on any atom is -0.356 e. The molecule has 1 aliphatic rings. The summed E-state index contributed by atoms with van der Waals surface area (Å²) in [5.41, 5.74) is 1.78. The van der Waals surface area contributed by atoms with Crippen LogP contribution in [0.2, 0.25) is 0 Å². The maximum atomic E-state index is 8.96. The van der Waals surface area contributed by atoms with E-state index in [1.165, 1.54) is 0 Å². The van der Waals surface area contributed by atoms with Gasteiger partial charge < -0.3 is 10.1 Å². The molecular weight excluding hydrogens is 212 g/mol. The molecule has 0 aliphatic carbocycles. The molecule has 0 aromatic heterocycles. The average molecular weight is 230 g/mol. The predicted octanol–water partition coefficient (Wildman–Crippen LogP) is 3.43. The molecule has 0 spiro atoms. The van der Waals surface area contributed by atoms with Gasteiger partial charge in [0.25, 0.3) is 0 Å². The van der Waals surface area contributed by atoms with Gasteiger partial charge in [-0.1, -0.05) is 31.5 Å². The van der Waals surface area contributed by atoms with E-state index in [4.69, 9.17) is 10.00 Å². The van der Waals surface area contributed by atoms with Crippen LogP contribution in [0.1, 0.15) is 38.2 Å². The van der Waals surface area contributed by atoms with E-state index in [0.717, 1.165) is 30.5 Å². The molecule has 1 aromatic carbocycles. The Labute approximate surface area is 102 Å². The van der Waals surface area contributed by atoms with E-state index in [9.17, 15) is 0 Å². The standard InChI is InChI=1S/C14H18N2O/c1-2-3-8-14(9-10-15)16-13-7-5-4-6-12(13)11-17-14/h4-7,16H,2-3,8-9,11H2,1H3. The first-order chi connectivity index (χ1) is 8.29. The van der Waals surface area contributed by atoms with E-state index in [1.807, 2.05) is 12.1 Å². The second-order valence-corrected chi connectivity index (χ2v) is 4.50. The Hall–Kier alpha value is -1.53. The van der Waals surface area contributed by atoms with Crippen LogP contribution in [0.5, 0.6) is 0 Å². The highest BCUT2D eigenvalue weighted by atomic mass is 16.5. The second-order valence-electron chi connectivity index (χ2n) is 4.50. The molecule has 0 saturated heterocycles. The maximum Gasteiger partial charge on any atom is 0.152 e. The fourth-order valence-corrected chi connectivity index (χ4v) is 2.17. The van der Waals surface area contributed by atoms with Gasteiger partial charge >= 0.3 is 0 Å². The van der Waals surface area contributed by atoms with Gasteiger partial charge in [-0.15, -0.1) is 0 Å². The Morgan fingerprint density at radius 2 is 2.29 bits per heavy atom. The smallest absolute Gasteiger partial charge is 0.152 e. The van der Waals surface area contributed by atoms with Crippen LogP contribution in [0.3, 0.4) is 0 Å². The molecule has 0 bridgehead atoms. The first kappa shape index (κ1) is 11.9. The molecule has 1 heterocycles. The van der Waals surface area contributed by atoms with Crippen molar-refractivity contribution in [3.05, 3.63) is 29.8 Å². The molecule has 90 valence electrons. The Balaban J connectivity index is 2.18. The normalized spacial score (nSPS) is 22.4. The van der Waals surface area contributed by atoms with Crippen LogP contribution < -0.4 is 5.32 Å². The highest BCUT2D eigenvalue weighted by Gasteiger charge is 2.34. The molecule has 0 amide bonds. The van der Waals surface area contributed by atoms with Crippen molar-refractivity contribution in [2.75, 3.05) is 5.32 Å². The summed E-state index contributed by atoms with van der Waals surface area (Å²) in [5, 5.41) is 12.4. The van der Waals surface area contributed by atoms with Crippen molar-refractivity contribution in [2.45, 2.75) is 44.9 Å². The molecule has 1 aromatic rings. The summed E-state index contributed by atoms with van der Waals surface area (Å²) >= 11 is 0. The van der Waals surface area contributed by atoms with Gasteiger partial charge in [-0.2, -0.15) is 5.26 Å². The lowest BCUT2D eigenvalue weighted by molar-refractivity contribution is -0.0465. The number of benzene rings is 1. The van der Waals surface area contributed by atoms with Crippen molar-refractivity contribution < 1.29 is 4.74 Å². The lowest BCUT2D eigenvalue weighted by atomic mass is 9.99. The largest absolute Gasteiger partial charge is 0.356 e. The quantitative estimate of drug-likeness (QED) is 0.861. The number of fused-ring (bicyclic) bond motifs is 1. The molecule has 0 fully saturated rings. The molecule has 3 nitrogen and oxygen atoms in total. The van der Waals surface area contributed by atoms with Gasteiger partial charge in [-0.05, 0) is 18.9 Å². The summed E-state index contributed by atoms with van der Waals surface area (Å²) in [6.45, 7) is 2.74. The zero-order valence-corrected chi connectivity index (χ0v) is 10.2. The van der Waals surface area contributed by atoms with Gasteiger partial charge in [0.2, 0.25) is 0 Å². The van der Waals surface area contributed by atoms with E-state index in [1.54, 1.807) is 0 Å². The molecule has 17 heavy (non-hydrogen) atoms. The minimum atomic E-state index is -0.487. The fourth-order valence-electron chi connectivity index (χ4n) is 2.17. The summed E-state index contributed by atoms with van der Waals surface area (Å²) in [4.78, 5) is 0. The van der Waals surface area contributed by atoms with Crippen molar-refractivity contribution in [1.82, 2.24) is 0 Å². The van der Waals surface area contributed by atoms with Crippen LogP contribution in [0.15, 0.2) is 24.3 Å². The van der Waals surface area contributed by atoms with Gasteiger partial charge in [-0.25, -0.2) is 0 Å². The molecule has 3 heteroatoms. The van der Waals surface area contributed by atoms with Gasteiger partial charge in [0, 0.05) is 11.3 Å². The molecule has 0 radical (unpaired) electrons. The first-order valence-electron chi connectivity index (χ1n) is 6.17. The number of hydrogen-bond acceptors (Lipinski definition) is 3. The molecular formula is C14H18N2O. The highest BCUT2D eigenvalue weighted by Crippen LogP contribution is 2.33. The van der Waals surface area contributed by atoms with E-state index in [2.05, 4.69) is 30.4 Å². The van der Waals surface area contributed by atoms with Gasteiger partial charge in [0.15, 0.2) is 5.72 Å². The second kappa shape index (κ2) is 5.20. The summed E-state index contributed by atoms with van der Waals surface area (Å²) in [5.74, 6) is 0. The van der Waals surface area contributed by atoms with Crippen molar-refractivity contribution in [2.24, 2.45) is 0 Å². The van der Waals surface area contributed by atoms with Crippen LogP contribution in [-0.4, -0.2) is 5.72 Å². The summed E-state index contributed by atoms with van der Waals surface area (Å²) in [7, 11) is 0. The number of nitrogens with zero attached hydrogens (tertiary/aromatic N) is 1. The third-order valence-electron chi connectivity index (χ3n) is 3.18. The van der Waals surface area contributed by atoms with Gasteiger partial charge in [0.05, 0.1) is 19.1 Å². The first-order valence-corrected chi connectivity index (χ1v) is 6.17. The number of rotatable bonds is 4.